The Morgan fingerprint density at radius 3 is 2.42 bits per heavy atom. The Balaban J connectivity index is 2.02. The van der Waals surface area contributed by atoms with Gasteiger partial charge in [-0.1, -0.05) is 35.8 Å². The second-order valence-corrected chi connectivity index (χ2v) is 8.12. The lowest BCUT2D eigenvalue weighted by Crippen LogP contribution is -2.39. The molecule has 7 nitrogen and oxygen atoms in total. The molecular weight excluding hydrogens is 460 g/mol. The van der Waals surface area contributed by atoms with Crippen LogP contribution in [-0.4, -0.2) is 46.5 Å². The van der Waals surface area contributed by atoms with E-state index >= 15 is 0 Å². The number of carbonyl (C=O) groups excluding carboxylic acids is 1. The molecule has 1 aromatic heterocycles. The summed E-state index contributed by atoms with van der Waals surface area (Å²) in [5, 5.41) is 0.384. The first-order valence-corrected chi connectivity index (χ1v) is 11.3. The van der Waals surface area contributed by atoms with Gasteiger partial charge in [0.25, 0.3) is 11.5 Å². The minimum absolute atomic E-state index is 0.187. The second kappa shape index (κ2) is 10.1. The van der Waals surface area contributed by atoms with E-state index in [9.17, 15) is 14.4 Å². The van der Waals surface area contributed by atoms with Crippen LogP contribution < -0.4 is 16.1 Å². The van der Waals surface area contributed by atoms with Gasteiger partial charge >= 0.3 is 5.69 Å². The number of benzene rings is 2. The first-order valence-electron chi connectivity index (χ1n) is 10.5. The molecule has 0 aliphatic heterocycles. The summed E-state index contributed by atoms with van der Waals surface area (Å²) in [6.07, 6.45) is 0. The highest BCUT2D eigenvalue weighted by Crippen LogP contribution is 2.22. The van der Waals surface area contributed by atoms with Crippen LogP contribution in [0, 0.1) is 0 Å². The van der Waals surface area contributed by atoms with E-state index in [2.05, 4.69) is 39.7 Å². The number of halogens is 1. The van der Waals surface area contributed by atoms with E-state index in [0.717, 1.165) is 34.4 Å². The third kappa shape index (κ3) is 4.97. The summed E-state index contributed by atoms with van der Waals surface area (Å²) >= 11 is 3.48. The van der Waals surface area contributed by atoms with Gasteiger partial charge in [0.2, 0.25) is 0 Å². The molecule has 2 aromatic carbocycles. The summed E-state index contributed by atoms with van der Waals surface area (Å²) in [4.78, 5) is 44.9. The van der Waals surface area contributed by atoms with Crippen molar-refractivity contribution in [3.8, 4) is 0 Å². The van der Waals surface area contributed by atoms with Crippen LogP contribution in [0.25, 0.3) is 10.9 Å². The Bertz CT molecular complexity index is 1200. The Labute approximate surface area is 189 Å². The molecule has 3 aromatic rings. The molecule has 0 unspecified atom stereocenters. The number of H-pyrrole nitrogens is 1. The maximum absolute atomic E-state index is 13.5. The van der Waals surface area contributed by atoms with Crippen molar-refractivity contribution in [2.24, 2.45) is 0 Å². The molecule has 1 heterocycles. The second-order valence-electron chi connectivity index (χ2n) is 7.20. The SMILES string of the molecule is CCN(CC)CCN(C(=O)c1ccc2c(=O)n(CC)c(=O)[nH]c2c1)c1cccc(Br)c1. The predicted molar refractivity (Wildman–Crippen MR) is 128 cm³/mol. The topological polar surface area (TPSA) is 78.4 Å². The molecular formula is C23H27BrN4O3. The van der Waals surface area contributed by atoms with Crippen molar-refractivity contribution < 1.29 is 4.79 Å². The monoisotopic (exact) mass is 486 g/mol. The minimum atomic E-state index is -0.477. The fourth-order valence-electron chi connectivity index (χ4n) is 3.60. The first kappa shape index (κ1) is 23.0. The molecule has 0 spiro atoms. The number of fused-ring (bicyclic) bond motifs is 1. The van der Waals surface area contributed by atoms with Crippen molar-refractivity contribution in [2.45, 2.75) is 27.3 Å². The van der Waals surface area contributed by atoms with Gasteiger partial charge in [-0.15, -0.1) is 0 Å². The lowest BCUT2D eigenvalue weighted by Gasteiger charge is -2.27. The number of aromatic amines is 1. The lowest BCUT2D eigenvalue weighted by atomic mass is 10.1. The van der Waals surface area contributed by atoms with Crippen LogP contribution in [0.3, 0.4) is 0 Å². The first-order chi connectivity index (χ1) is 14.9. The van der Waals surface area contributed by atoms with Crippen molar-refractivity contribution in [1.29, 1.82) is 0 Å². The van der Waals surface area contributed by atoms with Crippen LogP contribution in [0.5, 0.6) is 0 Å². The third-order valence-corrected chi connectivity index (χ3v) is 5.94. The van der Waals surface area contributed by atoms with E-state index < -0.39 is 5.69 Å². The summed E-state index contributed by atoms with van der Waals surface area (Å²) in [5.41, 5.74) is 0.724. The van der Waals surface area contributed by atoms with E-state index in [1.54, 1.807) is 30.0 Å². The third-order valence-electron chi connectivity index (χ3n) is 5.44. The standard InChI is InChI=1S/C23H27BrN4O3/c1-4-26(5-2)12-13-28(18-9-7-8-17(24)15-18)21(29)16-10-11-19-20(14-16)25-23(31)27(6-3)22(19)30/h7-11,14-15H,4-6,12-13H2,1-3H3,(H,25,31). The number of likely N-dealkylation sites (N-methyl/N-ethyl adjacent to an activating group) is 1. The number of amides is 1. The van der Waals surface area contributed by atoms with E-state index in [-0.39, 0.29) is 18.0 Å². The summed E-state index contributed by atoms with van der Waals surface area (Å²) in [7, 11) is 0. The van der Waals surface area contributed by atoms with Gasteiger partial charge in [0.15, 0.2) is 0 Å². The Morgan fingerprint density at radius 2 is 1.77 bits per heavy atom. The van der Waals surface area contributed by atoms with Crippen LogP contribution in [-0.2, 0) is 6.54 Å². The fraction of sp³-hybridized carbons (Fsp3) is 0.348. The van der Waals surface area contributed by atoms with Crippen molar-refractivity contribution >= 4 is 38.4 Å². The van der Waals surface area contributed by atoms with Gasteiger partial charge in [0.1, 0.15) is 0 Å². The molecule has 0 radical (unpaired) electrons. The number of aromatic nitrogens is 2. The number of nitrogens with one attached hydrogen (secondary N) is 1. The summed E-state index contributed by atoms with van der Waals surface area (Å²) in [6.45, 7) is 9.27. The van der Waals surface area contributed by atoms with Crippen LogP contribution in [0.15, 0.2) is 56.5 Å². The zero-order valence-corrected chi connectivity index (χ0v) is 19.6. The lowest BCUT2D eigenvalue weighted by molar-refractivity contribution is 0.0984. The minimum Gasteiger partial charge on any atom is -0.307 e. The quantitative estimate of drug-likeness (QED) is 0.528. The summed E-state index contributed by atoms with van der Waals surface area (Å²) < 4.78 is 2.02. The molecule has 0 atom stereocenters. The van der Waals surface area contributed by atoms with Gasteiger partial charge in [-0.25, -0.2) is 4.79 Å². The van der Waals surface area contributed by atoms with E-state index in [4.69, 9.17) is 0 Å². The van der Waals surface area contributed by atoms with Gasteiger partial charge in [-0.3, -0.25) is 14.2 Å². The predicted octanol–water partition coefficient (Wildman–Crippen LogP) is 3.46. The van der Waals surface area contributed by atoms with Gasteiger partial charge in [0, 0.05) is 35.4 Å². The number of hydrogen-bond donors (Lipinski definition) is 1. The Morgan fingerprint density at radius 1 is 1.03 bits per heavy atom. The van der Waals surface area contributed by atoms with Crippen molar-refractivity contribution in [3.05, 3.63) is 73.3 Å². The zero-order valence-electron chi connectivity index (χ0n) is 18.0. The van der Waals surface area contributed by atoms with Crippen LogP contribution in [0.1, 0.15) is 31.1 Å². The van der Waals surface area contributed by atoms with Crippen LogP contribution in [0.2, 0.25) is 0 Å². The summed E-state index contributed by atoms with van der Waals surface area (Å²) in [5.74, 6) is -0.187. The maximum Gasteiger partial charge on any atom is 0.328 e. The number of nitrogens with zero attached hydrogens (tertiary/aromatic N) is 3. The van der Waals surface area contributed by atoms with Gasteiger partial charge in [-0.05, 0) is 56.4 Å². The van der Waals surface area contributed by atoms with Crippen molar-refractivity contribution in [2.75, 3.05) is 31.1 Å². The average molecular weight is 487 g/mol. The molecule has 1 N–H and O–H groups in total. The number of hydrogen-bond acceptors (Lipinski definition) is 4. The van der Waals surface area contributed by atoms with E-state index in [0.29, 0.717) is 23.0 Å². The Kier molecular flexibility index (Phi) is 7.46. The van der Waals surface area contributed by atoms with Crippen LogP contribution >= 0.6 is 15.9 Å². The molecule has 0 saturated heterocycles. The zero-order chi connectivity index (χ0) is 22.5. The highest BCUT2D eigenvalue weighted by atomic mass is 79.9. The highest BCUT2D eigenvalue weighted by molar-refractivity contribution is 9.10. The number of anilines is 1. The van der Waals surface area contributed by atoms with E-state index in [1.807, 2.05) is 24.3 Å². The molecule has 0 fully saturated rings. The van der Waals surface area contributed by atoms with Gasteiger partial charge in [0.05, 0.1) is 10.9 Å². The highest BCUT2D eigenvalue weighted by Gasteiger charge is 2.20. The van der Waals surface area contributed by atoms with Crippen LogP contribution in [0.4, 0.5) is 5.69 Å². The number of rotatable bonds is 8. The fourth-order valence-corrected chi connectivity index (χ4v) is 3.99. The molecule has 31 heavy (non-hydrogen) atoms. The van der Waals surface area contributed by atoms with Crippen molar-refractivity contribution in [1.82, 2.24) is 14.5 Å². The molecule has 0 saturated carbocycles. The van der Waals surface area contributed by atoms with Crippen molar-refractivity contribution in [3.63, 3.8) is 0 Å². The average Bonchev–Trinajstić information content (AvgIpc) is 2.76. The van der Waals surface area contributed by atoms with Gasteiger partial charge in [-0.2, -0.15) is 0 Å². The molecule has 1 amide bonds. The molecule has 8 heteroatoms. The molecule has 3 rings (SSSR count). The van der Waals surface area contributed by atoms with Gasteiger partial charge < -0.3 is 14.8 Å². The Hall–Kier alpha value is -2.71. The summed E-state index contributed by atoms with van der Waals surface area (Å²) in [6, 6.07) is 12.4. The molecule has 0 aliphatic rings. The normalized spacial score (nSPS) is 11.3. The number of carbonyl (C=O) groups is 1. The maximum atomic E-state index is 13.5. The largest absolute Gasteiger partial charge is 0.328 e. The molecule has 0 aliphatic carbocycles. The molecule has 164 valence electrons. The van der Waals surface area contributed by atoms with E-state index in [1.165, 1.54) is 0 Å². The molecule has 0 bridgehead atoms. The smallest absolute Gasteiger partial charge is 0.307 e.